The molecule has 3 rings (SSSR count). The number of nitrogens with one attached hydrogen (secondary N) is 1. The van der Waals surface area contributed by atoms with Crippen molar-refractivity contribution in [3.8, 4) is 10.6 Å². The monoisotopic (exact) mass is 356 g/mol. The summed E-state index contributed by atoms with van der Waals surface area (Å²) in [6.45, 7) is 0. The zero-order chi connectivity index (χ0) is 14.9. The molecule has 0 atom stereocenters. The number of aromatic nitrogens is 1. The third kappa shape index (κ3) is 3.26. The molecule has 0 radical (unpaired) electrons. The van der Waals surface area contributed by atoms with Crippen molar-refractivity contribution in [2.24, 2.45) is 0 Å². The molecule has 108 valence electrons. The van der Waals surface area contributed by atoms with E-state index < -0.39 is 10.0 Å². The standard InChI is InChI=1S/C13H9ClN2O2S3/c14-9-3-1-4-10(7-9)21(17,18)16-13-15-11(8-20-13)12-5-2-6-19-12/h1-8H,(H,15,16). The number of thiazole rings is 1. The van der Waals surface area contributed by atoms with E-state index in [0.29, 0.717) is 10.2 Å². The first-order valence-electron chi connectivity index (χ1n) is 5.82. The summed E-state index contributed by atoms with van der Waals surface area (Å²) in [4.78, 5) is 5.40. The summed E-state index contributed by atoms with van der Waals surface area (Å²) in [5.41, 5.74) is 0.763. The maximum atomic E-state index is 12.2. The highest BCUT2D eigenvalue weighted by Crippen LogP contribution is 2.29. The molecule has 3 aromatic rings. The fourth-order valence-corrected chi connectivity index (χ4v) is 4.69. The molecule has 0 unspecified atom stereocenters. The van der Waals surface area contributed by atoms with Gasteiger partial charge in [-0.1, -0.05) is 23.7 Å². The Morgan fingerprint density at radius 2 is 2.00 bits per heavy atom. The van der Waals surface area contributed by atoms with Crippen molar-refractivity contribution in [2.75, 3.05) is 4.72 Å². The number of hydrogen-bond donors (Lipinski definition) is 1. The zero-order valence-corrected chi connectivity index (χ0v) is 13.7. The van der Waals surface area contributed by atoms with Gasteiger partial charge in [-0.15, -0.1) is 22.7 Å². The van der Waals surface area contributed by atoms with Crippen LogP contribution in [-0.2, 0) is 10.0 Å². The molecule has 0 aliphatic carbocycles. The summed E-state index contributed by atoms with van der Waals surface area (Å²) in [6, 6.07) is 9.97. The summed E-state index contributed by atoms with van der Waals surface area (Å²) in [7, 11) is -3.67. The first-order chi connectivity index (χ1) is 10.0. The predicted molar refractivity (Wildman–Crippen MR) is 87.7 cm³/mol. The highest BCUT2D eigenvalue weighted by Gasteiger charge is 2.16. The van der Waals surface area contributed by atoms with Crippen LogP contribution < -0.4 is 4.72 Å². The Bertz CT molecular complexity index is 857. The van der Waals surface area contributed by atoms with Crippen molar-refractivity contribution >= 4 is 49.4 Å². The quantitative estimate of drug-likeness (QED) is 0.757. The lowest BCUT2D eigenvalue weighted by Crippen LogP contribution is -2.12. The summed E-state index contributed by atoms with van der Waals surface area (Å²) in [5.74, 6) is 0. The summed E-state index contributed by atoms with van der Waals surface area (Å²) >= 11 is 8.62. The molecule has 0 fully saturated rings. The summed E-state index contributed by atoms with van der Waals surface area (Å²) in [6.07, 6.45) is 0. The second-order valence-electron chi connectivity index (χ2n) is 4.08. The maximum Gasteiger partial charge on any atom is 0.263 e. The lowest BCUT2D eigenvalue weighted by atomic mass is 10.4. The van der Waals surface area contributed by atoms with Crippen LogP contribution in [0.4, 0.5) is 5.13 Å². The van der Waals surface area contributed by atoms with Crippen LogP contribution in [0.5, 0.6) is 0 Å². The number of rotatable bonds is 4. The van der Waals surface area contributed by atoms with Crippen LogP contribution in [0.3, 0.4) is 0 Å². The molecule has 0 bridgehead atoms. The number of nitrogens with zero attached hydrogens (tertiary/aromatic N) is 1. The first-order valence-corrected chi connectivity index (χ1v) is 9.44. The van der Waals surface area contributed by atoms with Crippen molar-refractivity contribution in [1.82, 2.24) is 4.98 Å². The van der Waals surface area contributed by atoms with Crippen molar-refractivity contribution in [1.29, 1.82) is 0 Å². The van der Waals surface area contributed by atoms with Gasteiger partial charge in [0.25, 0.3) is 10.0 Å². The second kappa shape index (κ2) is 5.76. The van der Waals surface area contributed by atoms with Gasteiger partial charge in [0.05, 0.1) is 15.5 Å². The topological polar surface area (TPSA) is 59.1 Å². The molecule has 2 aromatic heterocycles. The molecule has 8 heteroatoms. The van der Waals surface area contributed by atoms with E-state index in [1.807, 2.05) is 22.9 Å². The van der Waals surface area contributed by atoms with Gasteiger partial charge in [0.2, 0.25) is 0 Å². The molecule has 2 heterocycles. The van der Waals surface area contributed by atoms with E-state index in [0.717, 1.165) is 10.6 Å². The Kier molecular flexibility index (Phi) is 3.99. The number of sulfonamides is 1. The number of hydrogen-bond acceptors (Lipinski definition) is 5. The van der Waals surface area contributed by atoms with E-state index in [-0.39, 0.29) is 4.90 Å². The minimum atomic E-state index is -3.67. The molecule has 0 saturated heterocycles. The molecule has 1 aromatic carbocycles. The maximum absolute atomic E-state index is 12.2. The van der Waals surface area contributed by atoms with Crippen molar-refractivity contribution in [3.05, 3.63) is 52.2 Å². The van der Waals surface area contributed by atoms with Gasteiger partial charge in [0, 0.05) is 10.4 Å². The van der Waals surface area contributed by atoms with Crippen molar-refractivity contribution in [3.63, 3.8) is 0 Å². The van der Waals surface area contributed by atoms with Gasteiger partial charge in [-0.3, -0.25) is 4.72 Å². The van der Waals surface area contributed by atoms with E-state index in [1.54, 1.807) is 23.5 Å². The van der Waals surface area contributed by atoms with Crippen LogP contribution in [0, 0.1) is 0 Å². The van der Waals surface area contributed by atoms with Gasteiger partial charge < -0.3 is 0 Å². The Balaban J connectivity index is 1.86. The number of benzene rings is 1. The largest absolute Gasteiger partial charge is 0.263 e. The van der Waals surface area contributed by atoms with Gasteiger partial charge >= 0.3 is 0 Å². The molecule has 1 N–H and O–H groups in total. The molecule has 0 saturated carbocycles. The predicted octanol–water partition coefficient (Wildman–Crippen LogP) is 4.33. The molecular formula is C13H9ClN2O2S3. The Morgan fingerprint density at radius 1 is 1.14 bits per heavy atom. The van der Waals surface area contributed by atoms with Crippen LogP contribution in [-0.4, -0.2) is 13.4 Å². The van der Waals surface area contributed by atoms with E-state index >= 15 is 0 Å². The van der Waals surface area contributed by atoms with Crippen LogP contribution in [0.15, 0.2) is 52.1 Å². The molecule has 0 aliphatic rings. The van der Waals surface area contributed by atoms with Crippen LogP contribution in [0.2, 0.25) is 5.02 Å². The molecule has 0 aliphatic heterocycles. The van der Waals surface area contributed by atoms with E-state index in [2.05, 4.69) is 9.71 Å². The van der Waals surface area contributed by atoms with E-state index in [4.69, 9.17) is 11.6 Å². The second-order valence-corrected chi connectivity index (χ2v) is 8.00. The highest BCUT2D eigenvalue weighted by atomic mass is 35.5. The number of thiophene rings is 1. The van der Waals surface area contributed by atoms with E-state index in [1.165, 1.54) is 23.5 Å². The first kappa shape index (κ1) is 14.5. The molecule has 21 heavy (non-hydrogen) atoms. The normalized spacial score (nSPS) is 11.5. The third-order valence-electron chi connectivity index (χ3n) is 2.61. The summed E-state index contributed by atoms with van der Waals surface area (Å²) in [5, 5.41) is 4.47. The smallest absolute Gasteiger partial charge is 0.255 e. The van der Waals surface area contributed by atoms with E-state index in [9.17, 15) is 8.42 Å². The lowest BCUT2D eigenvalue weighted by Gasteiger charge is -2.05. The van der Waals surface area contributed by atoms with Gasteiger partial charge in [0.15, 0.2) is 5.13 Å². The van der Waals surface area contributed by atoms with Crippen LogP contribution >= 0.6 is 34.3 Å². The van der Waals surface area contributed by atoms with Gasteiger partial charge in [0.1, 0.15) is 0 Å². The number of anilines is 1. The molecule has 0 spiro atoms. The minimum absolute atomic E-state index is 0.114. The lowest BCUT2D eigenvalue weighted by molar-refractivity contribution is 0.601. The highest BCUT2D eigenvalue weighted by molar-refractivity contribution is 7.93. The fourth-order valence-electron chi connectivity index (χ4n) is 1.67. The Morgan fingerprint density at radius 3 is 2.71 bits per heavy atom. The van der Waals surface area contributed by atoms with Crippen molar-refractivity contribution < 1.29 is 8.42 Å². The average Bonchev–Trinajstić information content (AvgIpc) is 3.08. The zero-order valence-electron chi connectivity index (χ0n) is 10.5. The minimum Gasteiger partial charge on any atom is -0.255 e. The van der Waals surface area contributed by atoms with Gasteiger partial charge in [-0.05, 0) is 29.6 Å². The molecule has 4 nitrogen and oxygen atoms in total. The fraction of sp³-hybridized carbons (Fsp3) is 0. The van der Waals surface area contributed by atoms with Crippen molar-refractivity contribution in [2.45, 2.75) is 4.90 Å². The molecular weight excluding hydrogens is 348 g/mol. The van der Waals surface area contributed by atoms with Gasteiger partial charge in [-0.2, -0.15) is 0 Å². The SMILES string of the molecule is O=S(=O)(Nc1nc(-c2cccs2)cs1)c1cccc(Cl)c1. The van der Waals surface area contributed by atoms with Crippen LogP contribution in [0.1, 0.15) is 0 Å². The average molecular weight is 357 g/mol. The van der Waals surface area contributed by atoms with Crippen LogP contribution in [0.25, 0.3) is 10.6 Å². The summed E-state index contributed by atoms with van der Waals surface area (Å²) < 4.78 is 27.0. The van der Waals surface area contributed by atoms with Gasteiger partial charge in [-0.25, -0.2) is 13.4 Å². The Labute approximate surface area is 135 Å². The Hall–Kier alpha value is -1.41. The number of halogens is 1. The molecule has 0 amide bonds. The third-order valence-corrected chi connectivity index (χ3v) is 5.96.